The topological polar surface area (TPSA) is 30.5 Å². The molecule has 3 heteroatoms. The highest BCUT2D eigenvalue weighted by atomic mass is 16.5. The van der Waals surface area contributed by atoms with Crippen LogP contribution in [0.5, 0.6) is 11.5 Å². The average molecular weight is 249 g/mol. The van der Waals surface area contributed by atoms with Crippen LogP contribution in [0.4, 0.5) is 0 Å². The molecule has 1 aliphatic rings. The third-order valence-corrected chi connectivity index (χ3v) is 3.57. The zero-order chi connectivity index (χ0) is 13.0. The van der Waals surface area contributed by atoms with E-state index in [1.54, 1.807) is 7.11 Å². The van der Waals surface area contributed by atoms with Gasteiger partial charge < -0.3 is 14.8 Å². The summed E-state index contributed by atoms with van der Waals surface area (Å²) >= 11 is 0. The molecule has 0 aromatic heterocycles. The zero-order valence-corrected chi connectivity index (χ0v) is 11.5. The van der Waals surface area contributed by atoms with Gasteiger partial charge in [-0.15, -0.1) is 0 Å². The van der Waals surface area contributed by atoms with Gasteiger partial charge in [-0.25, -0.2) is 0 Å². The monoisotopic (exact) mass is 249 g/mol. The molecule has 0 bridgehead atoms. The van der Waals surface area contributed by atoms with Crippen LogP contribution in [-0.2, 0) is 6.54 Å². The zero-order valence-electron chi connectivity index (χ0n) is 11.5. The fourth-order valence-corrected chi connectivity index (χ4v) is 2.39. The minimum Gasteiger partial charge on any atom is -0.493 e. The molecular weight excluding hydrogens is 226 g/mol. The lowest BCUT2D eigenvalue weighted by Crippen LogP contribution is -2.18. The minimum atomic E-state index is 0.660. The molecule has 3 nitrogen and oxygen atoms in total. The molecule has 0 spiro atoms. The van der Waals surface area contributed by atoms with E-state index in [0.29, 0.717) is 12.6 Å². The summed E-state index contributed by atoms with van der Waals surface area (Å²) in [6.45, 7) is 5.75. The quantitative estimate of drug-likeness (QED) is 0.806. The first-order valence-corrected chi connectivity index (χ1v) is 6.82. The van der Waals surface area contributed by atoms with Crippen LogP contribution in [0.15, 0.2) is 18.2 Å². The summed E-state index contributed by atoms with van der Waals surface area (Å²) in [5.41, 5.74) is 1.17. The van der Waals surface area contributed by atoms with Crippen molar-refractivity contribution in [2.45, 2.75) is 39.3 Å². The standard InChI is InChI=1S/C15H23NO2/c1-4-11-9-13(11)16-10-12-7-6-8-14(18-5-2)15(12)17-3/h6-8,11,13,16H,4-5,9-10H2,1-3H3. The van der Waals surface area contributed by atoms with Crippen LogP contribution < -0.4 is 14.8 Å². The van der Waals surface area contributed by atoms with Crippen molar-refractivity contribution in [3.8, 4) is 11.5 Å². The van der Waals surface area contributed by atoms with Gasteiger partial charge >= 0.3 is 0 Å². The van der Waals surface area contributed by atoms with E-state index < -0.39 is 0 Å². The second-order valence-corrected chi connectivity index (χ2v) is 4.77. The Labute approximate surface area is 109 Å². The maximum Gasteiger partial charge on any atom is 0.165 e. The van der Waals surface area contributed by atoms with Crippen molar-refractivity contribution in [2.75, 3.05) is 13.7 Å². The van der Waals surface area contributed by atoms with Gasteiger partial charge in [-0.05, 0) is 25.3 Å². The van der Waals surface area contributed by atoms with E-state index in [1.807, 2.05) is 19.1 Å². The Balaban J connectivity index is 2.00. The molecule has 0 amide bonds. The van der Waals surface area contributed by atoms with Gasteiger partial charge in [0.05, 0.1) is 13.7 Å². The number of hydrogen-bond donors (Lipinski definition) is 1. The first kappa shape index (κ1) is 13.2. The van der Waals surface area contributed by atoms with Crippen LogP contribution in [0.25, 0.3) is 0 Å². The van der Waals surface area contributed by atoms with E-state index in [4.69, 9.17) is 9.47 Å². The van der Waals surface area contributed by atoms with Gasteiger partial charge in [0.25, 0.3) is 0 Å². The van der Waals surface area contributed by atoms with Crippen molar-refractivity contribution in [1.29, 1.82) is 0 Å². The number of ether oxygens (including phenoxy) is 2. The normalized spacial score (nSPS) is 21.7. The summed E-state index contributed by atoms with van der Waals surface area (Å²) in [4.78, 5) is 0. The number of nitrogens with one attached hydrogen (secondary N) is 1. The third kappa shape index (κ3) is 2.96. The summed E-state index contributed by atoms with van der Waals surface area (Å²) in [5, 5.41) is 3.58. The summed E-state index contributed by atoms with van der Waals surface area (Å²) in [7, 11) is 1.70. The van der Waals surface area contributed by atoms with Crippen LogP contribution in [0, 0.1) is 5.92 Å². The van der Waals surface area contributed by atoms with Gasteiger partial charge in [0, 0.05) is 18.2 Å². The van der Waals surface area contributed by atoms with Crippen LogP contribution in [-0.4, -0.2) is 19.8 Å². The SMILES string of the molecule is CCOc1cccc(CNC2CC2CC)c1OC. The van der Waals surface area contributed by atoms with E-state index >= 15 is 0 Å². The Morgan fingerprint density at radius 2 is 2.17 bits per heavy atom. The lowest BCUT2D eigenvalue weighted by Gasteiger charge is -2.14. The molecule has 2 rings (SSSR count). The summed E-state index contributed by atoms with van der Waals surface area (Å²) in [5.74, 6) is 2.56. The fourth-order valence-electron chi connectivity index (χ4n) is 2.39. The average Bonchev–Trinajstić information content (AvgIpc) is 3.15. The van der Waals surface area contributed by atoms with Crippen molar-refractivity contribution >= 4 is 0 Å². The van der Waals surface area contributed by atoms with E-state index in [0.717, 1.165) is 24.0 Å². The minimum absolute atomic E-state index is 0.660. The first-order chi connectivity index (χ1) is 8.80. The number of rotatable bonds is 7. The lowest BCUT2D eigenvalue weighted by molar-refractivity contribution is 0.308. The smallest absolute Gasteiger partial charge is 0.165 e. The van der Waals surface area contributed by atoms with Crippen LogP contribution in [0.1, 0.15) is 32.3 Å². The molecule has 1 aliphatic carbocycles. The van der Waals surface area contributed by atoms with Crippen molar-refractivity contribution in [2.24, 2.45) is 5.92 Å². The van der Waals surface area contributed by atoms with Gasteiger partial charge in [-0.3, -0.25) is 0 Å². The molecule has 0 radical (unpaired) electrons. The highest BCUT2D eigenvalue weighted by Crippen LogP contribution is 2.35. The molecule has 1 saturated carbocycles. The number of hydrogen-bond acceptors (Lipinski definition) is 3. The van der Waals surface area contributed by atoms with Crippen LogP contribution in [0.3, 0.4) is 0 Å². The van der Waals surface area contributed by atoms with Gasteiger partial charge in [-0.2, -0.15) is 0 Å². The van der Waals surface area contributed by atoms with Gasteiger partial charge in [0.15, 0.2) is 11.5 Å². The second-order valence-electron chi connectivity index (χ2n) is 4.77. The summed E-state index contributed by atoms with van der Waals surface area (Å²) in [6, 6.07) is 6.76. The Morgan fingerprint density at radius 1 is 1.33 bits per heavy atom. The molecule has 1 N–H and O–H groups in total. The maximum atomic E-state index is 5.58. The molecule has 0 saturated heterocycles. The maximum absolute atomic E-state index is 5.58. The molecule has 2 atom stereocenters. The molecule has 1 fully saturated rings. The number of para-hydroxylation sites is 1. The Morgan fingerprint density at radius 3 is 2.78 bits per heavy atom. The second kappa shape index (κ2) is 6.10. The molecule has 2 unspecified atom stereocenters. The highest BCUT2D eigenvalue weighted by Gasteiger charge is 2.34. The van der Waals surface area contributed by atoms with Crippen molar-refractivity contribution in [3.63, 3.8) is 0 Å². The molecule has 1 aromatic carbocycles. The predicted molar refractivity (Wildman–Crippen MR) is 73.2 cm³/mol. The van der Waals surface area contributed by atoms with E-state index in [2.05, 4.69) is 18.3 Å². The fraction of sp³-hybridized carbons (Fsp3) is 0.600. The highest BCUT2D eigenvalue weighted by molar-refractivity contribution is 5.46. The lowest BCUT2D eigenvalue weighted by atomic mass is 10.2. The summed E-state index contributed by atoms with van der Waals surface area (Å²) in [6.07, 6.45) is 2.58. The van der Waals surface area contributed by atoms with E-state index in [1.165, 1.54) is 18.4 Å². The molecule has 0 heterocycles. The Kier molecular flexibility index (Phi) is 4.48. The molecule has 0 aliphatic heterocycles. The summed E-state index contributed by atoms with van der Waals surface area (Å²) < 4.78 is 11.1. The molecule has 100 valence electrons. The van der Waals surface area contributed by atoms with E-state index in [-0.39, 0.29) is 0 Å². The molecule has 18 heavy (non-hydrogen) atoms. The Hall–Kier alpha value is -1.22. The van der Waals surface area contributed by atoms with Crippen LogP contribution >= 0.6 is 0 Å². The van der Waals surface area contributed by atoms with Crippen LogP contribution in [0.2, 0.25) is 0 Å². The van der Waals surface area contributed by atoms with Gasteiger partial charge in [0.2, 0.25) is 0 Å². The predicted octanol–water partition coefficient (Wildman–Crippen LogP) is 2.98. The third-order valence-electron chi connectivity index (χ3n) is 3.57. The van der Waals surface area contributed by atoms with Gasteiger partial charge in [-0.1, -0.05) is 25.5 Å². The van der Waals surface area contributed by atoms with E-state index in [9.17, 15) is 0 Å². The largest absolute Gasteiger partial charge is 0.493 e. The van der Waals surface area contributed by atoms with Crippen molar-refractivity contribution in [1.82, 2.24) is 5.32 Å². The number of methoxy groups -OCH3 is 1. The molecule has 1 aromatic rings. The van der Waals surface area contributed by atoms with Gasteiger partial charge in [0.1, 0.15) is 0 Å². The number of benzene rings is 1. The first-order valence-electron chi connectivity index (χ1n) is 6.82. The Bertz CT molecular complexity index is 392. The molecular formula is C15H23NO2. The van der Waals surface area contributed by atoms with Crippen molar-refractivity contribution in [3.05, 3.63) is 23.8 Å². The van der Waals surface area contributed by atoms with Crippen molar-refractivity contribution < 1.29 is 9.47 Å².